The maximum absolute atomic E-state index is 10.2. The van der Waals surface area contributed by atoms with Gasteiger partial charge in [0.25, 0.3) is 0 Å². The first kappa shape index (κ1) is 8.58. The van der Waals surface area contributed by atoms with Crippen molar-refractivity contribution in [1.29, 1.82) is 0 Å². The van der Waals surface area contributed by atoms with Crippen LogP contribution in [0, 0.1) is 10.1 Å². The summed E-state index contributed by atoms with van der Waals surface area (Å²) in [5.41, 5.74) is -0.0700. The van der Waals surface area contributed by atoms with E-state index in [0.717, 1.165) is 0 Å². The van der Waals surface area contributed by atoms with Crippen LogP contribution >= 0.6 is 0 Å². The van der Waals surface area contributed by atoms with Crippen molar-refractivity contribution >= 4 is 5.69 Å². The summed E-state index contributed by atoms with van der Waals surface area (Å²) in [6.45, 7) is 3.86. The van der Waals surface area contributed by atoms with E-state index in [1.807, 2.05) is 13.8 Å². The summed E-state index contributed by atoms with van der Waals surface area (Å²) in [6.07, 6.45) is 2.45. The van der Waals surface area contributed by atoms with Gasteiger partial charge in [-0.15, -0.1) is 0 Å². The molecule has 0 amide bonds. The number of rotatable bonds is 2. The number of aromatic nitrogens is 2. The Kier molecular flexibility index (Phi) is 2.32. The molecule has 5 heteroatoms. The molecule has 5 nitrogen and oxygen atoms in total. The van der Waals surface area contributed by atoms with Crippen LogP contribution in [0.2, 0.25) is 0 Å². The molecule has 0 aliphatic heterocycles. The minimum atomic E-state index is -0.510. The summed E-state index contributed by atoms with van der Waals surface area (Å²) >= 11 is 0. The predicted molar refractivity (Wildman–Crippen MR) is 42.8 cm³/mol. The molecule has 0 N–H and O–H groups in total. The van der Waals surface area contributed by atoms with E-state index in [-0.39, 0.29) is 11.6 Å². The van der Waals surface area contributed by atoms with Crippen molar-refractivity contribution in [1.82, 2.24) is 9.97 Å². The molecule has 0 saturated heterocycles. The maximum atomic E-state index is 10.2. The molecular formula is C7H9N3O2. The van der Waals surface area contributed by atoms with Crippen molar-refractivity contribution in [2.45, 2.75) is 19.8 Å². The molecule has 12 heavy (non-hydrogen) atoms. The van der Waals surface area contributed by atoms with E-state index in [9.17, 15) is 10.1 Å². The summed E-state index contributed by atoms with van der Waals surface area (Å²) in [6, 6.07) is 0. The molecule has 1 heterocycles. The first-order valence-electron chi connectivity index (χ1n) is 3.57. The second-order valence-electron chi connectivity index (χ2n) is 2.71. The van der Waals surface area contributed by atoms with Gasteiger partial charge in [0.1, 0.15) is 18.2 Å². The van der Waals surface area contributed by atoms with E-state index in [2.05, 4.69) is 9.97 Å². The fraction of sp³-hybridized carbons (Fsp3) is 0.429. The SMILES string of the molecule is CC(C)c1ncc([N+](=O)[O-])cn1. The van der Waals surface area contributed by atoms with E-state index in [4.69, 9.17) is 0 Å². The molecule has 0 unspecified atom stereocenters. The molecule has 0 spiro atoms. The second kappa shape index (κ2) is 3.25. The molecule has 0 aliphatic carbocycles. The molecule has 0 atom stereocenters. The first-order valence-corrected chi connectivity index (χ1v) is 3.57. The fourth-order valence-electron chi connectivity index (χ4n) is 0.724. The topological polar surface area (TPSA) is 68.9 Å². The maximum Gasteiger partial charge on any atom is 0.305 e. The third-order valence-corrected chi connectivity index (χ3v) is 1.39. The van der Waals surface area contributed by atoms with Gasteiger partial charge >= 0.3 is 5.69 Å². The lowest BCUT2D eigenvalue weighted by Crippen LogP contribution is -1.98. The number of nitro groups is 1. The van der Waals surface area contributed by atoms with Gasteiger partial charge in [-0.1, -0.05) is 13.8 Å². The van der Waals surface area contributed by atoms with Crippen LogP contribution in [-0.4, -0.2) is 14.9 Å². The van der Waals surface area contributed by atoms with Crippen LogP contribution in [0.5, 0.6) is 0 Å². The Morgan fingerprint density at radius 3 is 2.25 bits per heavy atom. The normalized spacial score (nSPS) is 10.2. The predicted octanol–water partition coefficient (Wildman–Crippen LogP) is 1.51. The van der Waals surface area contributed by atoms with Gasteiger partial charge in [-0.2, -0.15) is 0 Å². The molecule has 1 aromatic heterocycles. The Labute approximate surface area is 69.6 Å². The van der Waals surface area contributed by atoms with Gasteiger partial charge in [0.15, 0.2) is 0 Å². The highest BCUT2D eigenvalue weighted by Crippen LogP contribution is 2.11. The second-order valence-corrected chi connectivity index (χ2v) is 2.71. The Hall–Kier alpha value is -1.52. The lowest BCUT2D eigenvalue weighted by molar-refractivity contribution is -0.385. The van der Waals surface area contributed by atoms with E-state index in [0.29, 0.717) is 5.82 Å². The van der Waals surface area contributed by atoms with Crippen molar-refractivity contribution in [2.75, 3.05) is 0 Å². The van der Waals surface area contributed by atoms with Crippen molar-refractivity contribution in [3.05, 3.63) is 28.3 Å². The molecule has 0 radical (unpaired) electrons. The summed E-state index contributed by atoms with van der Waals surface area (Å²) in [7, 11) is 0. The molecule has 0 saturated carbocycles. The van der Waals surface area contributed by atoms with Gasteiger partial charge < -0.3 is 0 Å². The first-order chi connectivity index (χ1) is 5.61. The van der Waals surface area contributed by atoms with Gasteiger partial charge in [0.05, 0.1) is 4.92 Å². The van der Waals surface area contributed by atoms with Crippen LogP contribution in [0.4, 0.5) is 5.69 Å². The third-order valence-electron chi connectivity index (χ3n) is 1.39. The molecule has 0 bridgehead atoms. The monoisotopic (exact) mass is 167 g/mol. The van der Waals surface area contributed by atoms with E-state index >= 15 is 0 Å². The summed E-state index contributed by atoms with van der Waals surface area (Å²) in [5.74, 6) is 0.825. The molecule has 0 aliphatic rings. The number of nitrogens with zero attached hydrogens (tertiary/aromatic N) is 3. The number of hydrogen-bond donors (Lipinski definition) is 0. The zero-order valence-electron chi connectivity index (χ0n) is 6.89. The van der Waals surface area contributed by atoms with E-state index in [1.165, 1.54) is 12.4 Å². The largest absolute Gasteiger partial charge is 0.305 e. The summed E-state index contributed by atoms with van der Waals surface area (Å²) in [4.78, 5) is 17.4. The highest BCUT2D eigenvalue weighted by Gasteiger charge is 2.07. The molecule has 0 aromatic carbocycles. The van der Waals surface area contributed by atoms with E-state index < -0.39 is 4.92 Å². The zero-order chi connectivity index (χ0) is 9.14. The van der Waals surface area contributed by atoms with Crippen molar-refractivity contribution < 1.29 is 4.92 Å². The Morgan fingerprint density at radius 2 is 1.92 bits per heavy atom. The highest BCUT2D eigenvalue weighted by atomic mass is 16.6. The standard InChI is InChI=1S/C7H9N3O2/c1-5(2)7-8-3-6(4-9-7)10(11)12/h3-5H,1-2H3. The minimum Gasteiger partial charge on any atom is -0.258 e. The summed E-state index contributed by atoms with van der Waals surface area (Å²) in [5, 5.41) is 10.2. The van der Waals surface area contributed by atoms with Gasteiger partial charge in [0, 0.05) is 5.92 Å². The van der Waals surface area contributed by atoms with Crippen LogP contribution in [-0.2, 0) is 0 Å². The average Bonchev–Trinajstić information content (AvgIpc) is 2.04. The Balaban J connectivity index is 2.93. The smallest absolute Gasteiger partial charge is 0.258 e. The van der Waals surface area contributed by atoms with Crippen LogP contribution in [0.3, 0.4) is 0 Å². The minimum absolute atomic E-state index is 0.0700. The van der Waals surface area contributed by atoms with Gasteiger partial charge in [-0.05, 0) is 0 Å². The lowest BCUT2D eigenvalue weighted by Gasteiger charge is -2.00. The van der Waals surface area contributed by atoms with Gasteiger partial charge in [0.2, 0.25) is 0 Å². The average molecular weight is 167 g/mol. The number of hydrogen-bond acceptors (Lipinski definition) is 4. The van der Waals surface area contributed by atoms with Gasteiger partial charge in [-0.3, -0.25) is 10.1 Å². The zero-order valence-corrected chi connectivity index (χ0v) is 6.89. The quantitative estimate of drug-likeness (QED) is 0.494. The molecular weight excluding hydrogens is 158 g/mol. The highest BCUT2D eigenvalue weighted by molar-refractivity contribution is 5.21. The Morgan fingerprint density at radius 1 is 1.42 bits per heavy atom. The third kappa shape index (κ3) is 1.75. The fourth-order valence-corrected chi connectivity index (χ4v) is 0.724. The van der Waals surface area contributed by atoms with Crippen LogP contribution < -0.4 is 0 Å². The molecule has 64 valence electrons. The van der Waals surface area contributed by atoms with Crippen LogP contribution in [0.1, 0.15) is 25.6 Å². The van der Waals surface area contributed by atoms with Crippen LogP contribution in [0.25, 0.3) is 0 Å². The van der Waals surface area contributed by atoms with Crippen molar-refractivity contribution in [3.8, 4) is 0 Å². The molecule has 1 rings (SSSR count). The molecule has 0 fully saturated rings. The Bertz CT molecular complexity index is 281. The summed E-state index contributed by atoms with van der Waals surface area (Å²) < 4.78 is 0. The van der Waals surface area contributed by atoms with Gasteiger partial charge in [-0.25, -0.2) is 9.97 Å². The molecule has 1 aromatic rings. The van der Waals surface area contributed by atoms with E-state index in [1.54, 1.807) is 0 Å². The lowest BCUT2D eigenvalue weighted by atomic mass is 10.2. The van der Waals surface area contributed by atoms with Crippen molar-refractivity contribution in [3.63, 3.8) is 0 Å². The van der Waals surface area contributed by atoms with Crippen molar-refractivity contribution in [2.24, 2.45) is 0 Å². The van der Waals surface area contributed by atoms with Crippen LogP contribution in [0.15, 0.2) is 12.4 Å².